The van der Waals surface area contributed by atoms with Gasteiger partial charge in [-0.25, -0.2) is 4.98 Å². The minimum absolute atomic E-state index is 0.0214. The Morgan fingerprint density at radius 3 is 2.38 bits per heavy atom. The normalized spacial score (nSPS) is 11.4. The van der Waals surface area contributed by atoms with E-state index >= 15 is 0 Å². The number of rotatable bonds is 6. The largest absolute Gasteiger partial charge is 0.416 e. The Labute approximate surface area is 197 Å². The average Bonchev–Trinajstić information content (AvgIpc) is 3.13. The first-order valence-corrected chi connectivity index (χ1v) is 11.1. The van der Waals surface area contributed by atoms with Crippen LogP contribution in [-0.4, -0.2) is 27.1 Å². The lowest BCUT2D eigenvalue weighted by Gasteiger charge is -2.11. The van der Waals surface area contributed by atoms with Gasteiger partial charge in [-0.05, 0) is 48.5 Å². The maximum atomic E-state index is 12.9. The van der Waals surface area contributed by atoms with Crippen molar-refractivity contribution >= 4 is 46.0 Å². The summed E-state index contributed by atoms with van der Waals surface area (Å²) in [5.41, 5.74) is 1.56. The van der Waals surface area contributed by atoms with Crippen molar-refractivity contribution in [2.75, 3.05) is 16.4 Å². The summed E-state index contributed by atoms with van der Waals surface area (Å²) in [5.74, 6) is -0.769. The topological polar surface area (TPSA) is 76.0 Å². The van der Waals surface area contributed by atoms with E-state index in [0.29, 0.717) is 10.8 Å². The van der Waals surface area contributed by atoms with E-state index in [0.717, 1.165) is 23.2 Å². The molecule has 0 fully saturated rings. The zero-order chi connectivity index (χ0) is 24.3. The molecule has 4 rings (SSSR count). The van der Waals surface area contributed by atoms with Crippen LogP contribution in [0.3, 0.4) is 0 Å². The van der Waals surface area contributed by atoms with Crippen molar-refractivity contribution in [3.8, 4) is 0 Å². The average molecular weight is 485 g/mol. The standard InChI is InChI=1S/C24H19F3N4O2S/c1-31-20-11-3-2-10-19(20)30-23(31)34-14-21(32)28-17-8-4-6-15(12-17)22(33)29-18-9-5-7-16(13-18)24(25,26)27/h2-13H,14H2,1H3,(H,28,32)(H,29,33). The Kier molecular flexibility index (Phi) is 6.60. The van der Waals surface area contributed by atoms with Crippen molar-refractivity contribution < 1.29 is 22.8 Å². The number of benzene rings is 3. The second-order valence-electron chi connectivity index (χ2n) is 7.39. The second kappa shape index (κ2) is 9.60. The lowest BCUT2D eigenvalue weighted by molar-refractivity contribution is -0.137. The van der Waals surface area contributed by atoms with Crippen LogP contribution >= 0.6 is 11.8 Å². The van der Waals surface area contributed by atoms with Gasteiger partial charge in [0.25, 0.3) is 5.91 Å². The fourth-order valence-electron chi connectivity index (χ4n) is 3.29. The van der Waals surface area contributed by atoms with Crippen molar-refractivity contribution in [1.29, 1.82) is 0 Å². The predicted molar refractivity (Wildman–Crippen MR) is 126 cm³/mol. The lowest BCUT2D eigenvalue weighted by Crippen LogP contribution is -2.16. The molecule has 0 spiro atoms. The summed E-state index contributed by atoms with van der Waals surface area (Å²) in [6, 6.07) is 18.2. The van der Waals surface area contributed by atoms with Gasteiger partial charge in [-0.15, -0.1) is 0 Å². The van der Waals surface area contributed by atoms with Crippen LogP contribution in [0.4, 0.5) is 24.5 Å². The minimum Gasteiger partial charge on any atom is -0.325 e. The number of aryl methyl sites for hydroxylation is 1. The van der Waals surface area contributed by atoms with E-state index in [-0.39, 0.29) is 22.9 Å². The van der Waals surface area contributed by atoms with Gasteiger partial charge < -0.3 is 15.2 Å². The van der Waals surface area contributed by atoms with E-state index in [1.807, 2.05) is 35.9 Å². The van der Waals surface area contributed by atoms with Crippen molar-refractivity contribution in [3.63, 3.8) is 0 Å². The van der Waals surface area contributed by atoms with E-state index in [1.165, 1.54) is 36.0 Å². The molecule has 0 aliphatic carbocycles. The van der Waals surface area contributed by atoms with E-state index in [9.17, 15) is 22.8 Å². The number of anilines is 2. The fourth-order valence-corrected chi connectivity index (χ4v) is 4.08. The maximum absolute atomic E-state index is 12.9. The molecule has 10 heteroatoms. The van der Waals surface area contributed by atoms with E-state index in [1.54, 1.807) is 12.1 Å². The number of hydrogen-bond donors (Lipinski definition) is 2. The molecular weight excluding hydrogens is 465 g/mol. The Morgan fingerprint density at radius 1 is 0.941 bits per heavy atom. The maximum Gasteiger partial charge on any atom is 0.416 e. The van der Waals surface area contributed by atoms with Crippen LogP contribution < -0.4 is 10.6 Å². The van der Waals surface area contributed by atoms with Gasteiger partial charge in [0.1, 0.15) is 0 Å². The molecule has 2 N–H and O–H groups in total. The highest BCUT2D eigenvalue weighted by atomic mass is 32.2. The van der Waals surface area contributed by atoms with Crippen LogP contribution in [0.5, 0.6) is 0 Å². The molecule has 0 aliphatic heterocycles. The monoisotopic (exact) mass is 484 g/mol. The first-order valence-electron chi connectivity index (χ1n) is 10.1. The number of para-hydroxylation sites is 2. The number of carbonyl (C=O) groups excluding carboxylic acids is 2. The third-order valence-electron chi connectivity index (χ3n) is 4.93. The molecule has 3 aromatic carbocycles. The lowest BCUT2D eigenvalue weighted by atomic mass is 10.1. The second-order valence-corrected chi connectivity index (χ2v) is 8.33. The molecule has 6 nitrogen and oxygen atoms in total. The number of nitrogens with one attached hydrogen (secondary N) is 2. The SMILES string of the molecule is Cn1c(SCC(=O)Nc2cccc(C(=O)Nc3cccc(C(F)(F)F)c3)c2)nc2ccccc21. The van der Waals surface area contributed by atoms with Crippen LogP contribution in [0.15, 0.2) is 78.0 Å². The van der Waals surface area contributed by atoms with Gasteiger partial charge in [-0.2, -0.15) is 13.2 Å². The minimum atomic E-state index is -4.51. The van der Waals surface area contributed by atoms with Crippen LogP contribution in [-0.2, 0) is 18.0 Å². The Balaban J connectivity index is 1.38. The summed E-state index contributed by atoms with van der Waals surface area (Å²) in [6.45, 7) is 0. The number of carbonyl (C=O) groups is 2. The molecule has 0 radical (unpaired) electrons. The Hall–Kier alpha value is -3.79. The number of nitrogens with zero attached hydrogens (tertiary/aromatic N) is 2. The van der Waals surface area contributed by atoms with Gasteiger partial charge in [-0.1, -0.05) is 36.0 Å². The van der Waals surface area contributed by atoms with Gasteiger partial charge >= 0.3 is 6.18 Å². The highest BCUT2D eigenvalue weighted by Crippen LogP contribution is 2.31. The van der Waals surface area contributed by atoms with Crippen molar-refractivity contribution in [2.45, 2.75) is 11.3 Å². The first-order chi connectivity index (χ1) is 16.2. The van der Waals surface area contributed by atoms with Gasteiger partial charge in [0.05, 0.1) is 22.3 Å². The molecule has 0 atom stereocenters. The van der Waals surface area contributed by atoms with Crippen LogP contribution in [0.1, 0.15) is 15.9 Å². The molecule has 1 aromatic heterocycles. The van der Waals surface area contributed by atoms with Gasteiger partial charge in [0, 0.05) is 24.0 Å². The molecule has 0 unspecified atom stereocenters. The van der Waals surface area contributed by atoms with Crippen molar-refractivity contribution in [2.24, 2.45) is 7.05 Å². The number of thioether (sulfide) groups is 1. The van der Waals surface area contributed by atoms with Crippen LogP contribution in [0.2, 0.25) is 0 Å². The number of hydrogen-bond acceptors (Lipinski definition) is 4. The number of halogens is 3. The third kappa shape index (κ3) is 5.40. The van der Waals surface area contributed by atoms with E-state index in [4.69, 9.17) is 0 Å². The first kappa shape index (κ1) is 23.4. The van der Waals surface area contributed by atoms with Crippen molar-refractivity contribution in [1.82, 2.24) is 9.55 Å². The van der Waals surface area contributed by atoms with Gasteiger partial charge in [0.2, 0.25) is 5.91 Å². The number of aromatic nitrogens is 2. The number of amides is 2. The molecule has 174 valence electrons. The van der Waals surface area contributed by atoms with Crippen molar-refractivity contribution in [3.05, 3.63) is 83.9 Å². The highest BCUT2D eigenvalue weighted by Gasteiger charge is 2.30. The quantitative estimate of drug-likeness (QED) is 0.351. The molecular formula is C24H19F3N4O2S. The zero-order valence-corrected chi connectivity index (χ0v) is 18.7. The molecule has 0 aliphatic rings. The van der Waals surface area contributed by atoms with Gasteiger partial charge in [-0.3, -0.25) is 9.59 Å². The summed E-state index contributed by atoms with van der Waals surface area (Å²) < 4.78 is 40.6. The number of imidazole rings is 1. The van der Waals surface area contributed by atoms with E-state index in [2.05, 4.69) is 15.6 Å². The highest BCUT2D eigenvalue weighted by molar-refractivity contribution is 7.99. The van der Waals surface area contributed by atoms with Gasteiger partial charge in [0.15, 0.2) is 5.16 Å². The Morgan fingerprint density at radius 2 is 1.65 bits per heavy atom. The Bertz CT molecular complexity index is 1370. The number of fused-ring (bicyclic) bond motifs is 1. The van der Waals surface area contributed by atoms with E-state index < -0.39 is 17.6 Å². The summed E-state index contributed by atoms with van der Waals surface area (Å²) in [4.78, 5) is 29.5. The zero-order valence-electron chi connectivity index (χ0n) is 17.9. The molecule has 0 saturated carbocycles. The molecule has 34 heavy (non-hydrogen) atoms. The van der Waals surface area contributed by atoms with Crippen LogP contribution in [0, 0.1) is 0 Å². The fraction of sp³-hybridized carbons (Fsp3) is 0.125. The van der Waals surface area contributed by atoms with Crippen LogP contribution in [0.25, 0.3) is 11.0 Å². The summed E-state index contributed by atoms with van der Waals surface area (Å²) in [5, 5.41) is 5.88. The predicted octanol–water partition coefficient (Wildman–Crippen LogP) is 5.58. The third-order valence-corrected chi connectivity index (χ3v) is 5.96. The summed E-state index contributed by atoms with van der Waals surface area (Å²) in [6.07, 6.45) is -4.51. The molecule has 1 heterocycles. The molecule has 0 saturated heterocycles. The number of alkyl halides is 3. The molecule has 0 bridgehead atoms. The molecule has 2 amide bonds. The molecule has 4 aromatic rings. The summed E-state index contributed by atoms with van der Waals surface area (Å²) in [7, 11) is 1.88. The smallest absolute Gasteiger partial charge is 0.325 e. The summed E-state index contributed by atoms with van der Waals surface area (Å²) >= 11 is 1.28.